The first-order valence-corrected chi connectivity index (χ1v) is 11.0. The lowest BCUT2D eigenvalue weighted by atomic mass is 10.1. The standard InChI is InChI=1S/C19H25N5O4S/c1-23(2)19-12-18(20-13-21-19)22-14-5-7-24(8-6-14)29(25,26)15-3-4-16-17(11-15)28-10-9-27-16/h3-4,11-14H,5-10H2,1-2H3,(H,20,21,22). The highest BCUT2D eigenvalue weighted by atomic mass is 32.2. The molecule has 0 spiro atoms. The summed E-state index contributed by atoms with van der Waals surface area (Å²) in [6.45, 7) is 1.79. The van der Waals surface area contributed by atoms with Crippen LogP contribution in [0.1, 0.15) is 12.8 Å². The monoisotopic (exact) mass is 419 g/mol. The Morgan fingerprint density at radius 1 is 1.07 bits per heavy atom. The number of ether oxygens (including phenoxy) is 2. The van der Waals surface area contributed by atoms with Crippen molar-refractivity contribution in [3.63, 3.8) is 0 Å². The van der Waals surface area contributed by atoms with Crippen LogP contribution in [0.2, 0.25) is 0 Å². The first-order chi connectivity index (χ1) is 13.9. The summed E-state index contributed by atoms with van der Waals surface area (Å²) in [4.78, 5) is 10.6. The summed E-state index contributed by atoms with van der Waals surface area (Å²) in [7, 11) is 0.276. The zero-order valence-electron chi connectivity index (χ0n) is 16.5. The lowest BCUT2D eigenvalue weighted by Crippen LogP contribution is -2.42. The molecule has 9 nitrogen and oxygen atoms in total. The Kier molecular flexibility index (Phi) is 5.46. The summed E-state index contributed by atoms with van der Waals surface area (Å²) >= 11 is 0. The molecule has 0 bridgehead atoms. The van der Waals surface area contributed by atoms with Crippen molar-refractivity contribution in [1.82, 2.24) is 14.3 Å². The van der Waals surface area contributed by atoms with E-state index in [1.54, 1.807) is 18.2 Å². The van der Waals surface area contributed by atoms with E-state index in [4.69, 9.17) is 9.47 Å². The molecule has 0 amide bonds. The third-order valence-corrected chi connectivity index (χ3v) is 6.96. The number of aromatic nitrogens is 2. The van der Waals surface area contributed by atoms with Crippen molar-refractivity contribution in [2.45, 2.75) is 23.8 Å². The fraction of sp³-hybridized carbons (Fsp3) is 0.474. The van der Waals surface area contributed by atoms with Gasteiger partial charge < -0.3 is 19.7 Å². The number of benzene rings is 1. The highest BCUT2D eigenvalue weighted by molar-refractivity contribution is 7.89. The molecule has 1 N–H and O–H groups in total. The summed E-state index contributed by atoms with van der Waals surface area (Å²) in [5, 5.41) is 3.39. The number of rotatable bonds is 5. The van der Waals surface area contributed by atoms with Gasteiger partial charge in [0.2, 0.25) is 10.0 Å². The minimum atomic E-state index is -3.57. The van der Waals surface area contributed by atoms with Gasteiger partial charge in [0.15, 0.2) is 11.5 Å². The number of sulfonamides is 1. The predicted octanol–water partition coefficient (Wildman–Crippen LogP) is 1.58. The van der Waals surface area contributed by atoms with E-state index in [1.807, 2.05) is 25.1 Å². The van der Waals surface area contributed by atoms with Crippen LogP contribution in [0.25, 0.3) is 0 Å². The van der Waals surface area contributed by atoms with Gasteiger partial charge in [-0.05, 0) is 25.0 Å². The second kappa shape index (κ2) is 8.03. The zero-order chi connectivity index (χ0) is 20.4. The van der Waals surface area contributed by atoms with Crippen LogP contribution in [0, 0.1) is 0 Å². The normalized spacial score (nSPS) is 17.7. The number of hydrogen-bond donors (Lipinski definition) is 1. The Labute approximate surface area is 170 Å². The Hall–Kier alpha value is -2.59. The first-order valence-electron chi connectivity index (χ1n) is 9.59. The van der Waals surface area contributed by atoms with Crippen molar-refractivity contribution in [3.05, 3.63) is 30.6 Å². The van der Waals surface area contributed by atoms with Gasteiger partial charge in [-0.3, -0.25) is 0 Å². The molecular formula is C19H25N5O4S. The number of fused-ring (bicyclic) bond motifs is 1. The first kappa shape index (κ1) is 19.7. The molecule has 0 saturated carbocycles. The largest absolute Gasteiger partial charge is 0.486 e. The van der Waals surface area contributed by atoms with Gasteiger partial charge in [-0.25, -0.2) is 18.4 Å². The fourth-order valence-corrected chi connectivity index (χ4v) is 4.94. The SMILES string of the molecule is CN(C)c1cc(NC2CCN(S(=O)(=O)c3ccc4c(c3)OCCO4)CC2)ncn1. The lowest BCUT2D eigenvalue weighted by molar-refractivity contribution is 0.171. The van der Waals surface area contributed by atoms with Crippen molar-refractivity contribution in [2.75, 3.05) is 50.6 Å². The quantitative estimate of drug-likeness (QED) is 0.780. The minimum absolute atomic E-state index is 0.159. The Morgan fingerprint density at radius 3 is 2.52 bits per heavy atom. The van der Waals surface area contributed by atoms with Gasteiger partial charge in [-0.15, -0.1) is 0 Å². The van der Waals surface area contributed by atoms with Gasteiger partial charge in [0, 0.05) is 45.4 Å². The third-order valence-electron chi connectivity index (χ3n) is 5.07. The van der Waals surface area contributed by atoms with E-state index in [0.29, 0.717) is 50.6 Å². The zero-order valence-corrected chi connectivity index (χ0v) is 17.4. The van der Waals surface area contributed by atoms with Crippen LogP contribution in [0.3, 0.4) is 0 Å². The maximum atomic E-state index is 13.0. The van der Waals surface area contributed by atoms with Crippen LogP contribution in [0.5, 0.6) is 11.5 Å². The Bertz CT molecular complexity index is 974. The molecule has 10 heteroatoms. The van der Waals surface area contributed by atoms with Crippen molar-refractivity contribution in [3.8, 4) is 11.5 Å². The van der Waals surface area contributed by atoms with Crippen LogP contribution in [-0.4, -0.2) is 69.1 Å². The van der Waals surface area contributed by atoms with E-state index in [9.17, 15) is 8.42 Å². The molecule has 0 atom stereocenters. The maximum Gasteiger partial charge on any atom is 0.243 e. The topological polar surface area (TPSA) is 96.9 Å². The Balaban J connectivity index is 1.40. The summed E-state index contributed by atoms with van der Waals surface area (Å²) in [5.74, 6) is 2.63. The number of hydrogen-bond acceptors (Lipinski definition) is 8. The Morgan fingerprint density at radius 2 is 1.79 bits per heavy atom. The number of anilines is 2. The average molecular weight is 420 g/mol. The third kappa shape index (κ3) is 4.23. The van der Waals surface area contributed by atoms with Crippen LogP contribution >= 0.6 is 0 Å². The van der Waals surface area contributed by atoms with E-state index in [1.165, 1.54) is 10.6 Å². The smallest absolute Gasteiger partial charge is 0.243 e. The van der Waals surface area contributed by atoms with Crippen LogP contribution in [0.4, 0.5) is 11.6 Å². The van der Waals surface area contributed by atoms with Crippen molar-refractivity contribution >= 4 is 21.7 Å². The molecule has 156 valence electrons. The van der Waals surface area contributed by atoms with Crippen molar-refractivity contribution in [2.24, 2.45) is 0 Å². The summed E-state index contributed by atoms with van der Waals surface area (Å²) in [6, 6.07) is 6.84. The van der Waals surface area contributed by atoms with Gasteiger partial charge in [0.1, 0.15) is 31.2 Å². The summed E-state index contributed by atoms with van der Waals surface area (Å²) in [6.07, 6.45) is 2.93. The maximum absolute atomic E-state index is 13.0. The summed E-state index contributed by atoms with van der Waals surface area (Å²) < 4.78 is 38.6. The number of nitrogens with zero attached hydrogens (tertiary/aromatic N) is 4. The molecule has 0 unspecified atom stereocenters. The minimum Gasteiger partial charge on any atom is -0.486 e. The fourth-order valence-electron chi connectivity index (χ4n) is 3.45. The second-order valence-corrected chi connectivity index (χ2v) is 9.22. The molecular weight excluding hydrogens is 394 g/mol. The van der Waals surface area contributed by atoms with Gasteiger partial charge >= 0.3 is 0 Å². The lowest BCUT2D eigenvalue weighted by Gasteiger charge is -2.32. The van der Waals surface area contributed by atoms with Crippen molar-refractivity contribution in [1.29, 1.82) is 0 Å². The van der Waals surface area contributed by atoms with Gasteiger partial charge in [0.05, 0.1) is 4.90 Å². The predicted molar refractivity (Wildman–Crippen MR) is 109 cm³/mol. The molecule has 29 heavy (non-hydrogen) atoms. The van der Waals surface area contributed by atoms with Gasteiger partial charge in [-0.1, -0.05) is 0 Å². The molecule has 2 aliphatic heterocycles. The molecule has 0 aliphatic carbocycles. The average Bonchev–Trinajstić information content (AvgIpc) is 2.74. The van der Waals surface area contributed by atoms with Crippen LogP contribution in [-0.2, 0) is 10.0 Å². The number of nitrogens with one attached hydrogen (secondary N) is 1. The molecule has 3 heterocycles. The molecule has 0 radical (unpaired) electrons. The van der Waals surface area contributed by atoms with Crippen molar-refractivity contribution < 1.29 is 17.9 Å². The second-order valence-electron chi connectivity index (χ2n) is 7.28. The molecule has 1 aromatic heterocycles. The molecule has 2 aromatic rings. The highest BCUT2D eigenvalue weighted by Crippen LogP contribution is 2.33. The molecule has 4 rings (SSSR count). The molecule has 1 saturated heterocycles. The molecule has 2 aliphatic rings. The highest BCUT2D eigenvalue weighted by Gasteiger charge is 2.30. The van der Waals surface area contributed by atoms with E-state index in [-0.39, 0.29) is 10.9 Å². The number of piperidine rings is 1. The molecule has 1 fully saturated rings. The molecule has 1 aromatic carbocycles. The summed E-state index contributed by atoms with van der Waals surface area (Å²) in [5.41, 5.74) is 0. The van der Waals surface area contributed by atoms with E-state index in [0.717, 1.165) is 11.6 Å². The van der Waals surface area contributed by atoms with Crippen LogP contribution < -0.4 is 19.7 Å². The van der Waals surface area contributed by atoms with Gasteiger partial charge in [0.25, 0.3) is 0 Å². The van der Waals surface area contributed by atoms with Crippen LogP contribution in [0.15, 0.2) is 35.5 Å². The van der Waals surface area contributed by atoms with E-state index in [2.05, 4.69) is 15.3 Å². The van der Waals surface area contributed by atoms with E-state index < -0.39 is 10.0 Å². The van der Waals surface area contributed by atoms with Gasteiger partial charge in [-0.2, -0.15) is 4.31 Å². The van der Waals surface area contributed by atoms with E-state index >= 15 is 0 Å².